The summed E-state index contributed by atoms with van der Waals surface area (Å²) < 4.78 is 0. The number of aliphatic carboxylic acids is 1. The number of nitrogens with zero attached hydrogens (tertiary/aromatic N) is 2. The molecule has 0 aliphatic carbocycles. The van der Waals surface area contributed by atoms with Gasteiger partial charge >= 0.3 is 5.97 Å². The van der Waals surface area contributed by atoms with Gasteiger partial charge in [0.1, 0.15) is 0 Å². The minimum absolute atomic E-state index is 0.206. The molecule has 1 aromatic carbocycles. The third kappa shape index (κ3) is 6.97. The van der Waals surface area contributed by atoms with Gasteiger partial charge in [0, 0.05) is 25.4 Å². The van der Waals surface area contributed by atoms with Crippen LogP contribution < -0.4 is 0 Å². The lowest BCUT2D eigenvalue weighted by atomic mass is 9.99. The molecule has 2 N–H and O–H groups in total. The summed E-state index contributed by atoms with van der Waals surface area (Å²) in [5, 5.41) is 28.0. The number of carboxylic acids is 1. The van der Waals surface area contributed by atoms with Crippen LogP contribution in [-0.2, 0) is 9.59 Å². The summed E-state index contributed by atoms with van der Waals surface area (Å²) in [6.45, 7) is 0.739. The molecule has 6 heteroatoms. The molecule has 6 nitrogen and oxygen atoms in total. The summed E-state index contributed by atoms with van der Waals surface area (Å²) >= 11 is 0. The van der Waals surface area contributed by atoms with Crippen LogP contribution in [0.2, 0.25) is 0 Å². The monoisotopic (exact) mass is 386 g/mol. The van der Waals surface area contributed by atoms with Crippen molar-refractivity contribution in [3.8, 4) is 6.07 Å². The third-order valence-corrected chi connectivity index (χ3v) is 5.41. The fourth-order valence-electron chi connectivity index (χ4n) is 3.84. The molecule has 0 spiro atoms. The third-order valence-electron chi connectivity index (χ3n) is 5.41. The smallest absolute Gasteiger partial charge is 0.303 e. The van der Waals surface area contributed by atoms with E-state index in [0.717, 1.165) is 50.6 Å². The normalized spacial score (nSPS) is 17.5. The largest absolute Gasteiger partial charge is 0.481 e. The van der Waals surface area contributed by atoms with Crippen LogP contribution in [0.3, 0.4) is 0 Å². The van der Waals surface area contributed by atoms with Crippen molar-refractivity contribution in [3.63, 3.8) is 0 Å². The number of carbonyl (C=O) groups is 2. The average Bonchev–Trinajstić information content (AvgIpc) is 3.04. The highest BCUT2D eigenvalue weighted by molar-refractivity contribution is 5.78. The number of aliphatic hydroxyl groups excluding tert-OH is 1. The number of hydrogen-bond acceptors (Lipinski definition) is 4. The van der Waals surface area contributed by atoms with Crippen LogP contribution in [0.15, 0.2) is 24.3 Å². The average molecular weight is 386 g/mol. The Morgan fingerprint density at radius 1 is 1.25 bits per heavy atom. The summed E-state index contributed by atoms with van der Waals surface area (Å²) in [6.07, 6.45) is 6.83. The molecule has 1 unspecified atom stereocenters. The van der Waals surface area contributed by atoms with Crippen molar-refractivity contribution < 1.29 is 19.8 Å². The Kier molecular flexibility index (Phi) is 8.96. The van der Waals surface area contributed by atoms with E-state index in [1.54, 1.807) is 18.2 Å². The topological polar surface area (TPSA) is 102 Å². The van der Waals surface area contributed by atoms with E-state index < -0.39 is 12.1 Å². The van der Waals surface area contributed by atoms with E-state index in [-0.39, 0.29) is 18.4 Å². The van der Waals surface area contributed by atoms with Crippen LogP contribution in [0, 0.1) is 11.3 Å². The molecular formula is C22H30N2O4. The SMILES string of the molecule is N#Cc1cccc(C(O)CCC[C@H]2CCC(=O)N2CCCCCCC(=O)O)c1. The second kappa shape index (κ2) is 11.5. The molecule has 0 bridgehead atoms. The second-order valence-electron chi connectivity index (χ2n) is 7.52. The number of benzene rings is 1. The summed E-state index contributed by atoms with van der Waals surface area (Å²) in [7, 11) is 0. The zero-order valence-electron chi connectivity index (χ0n) is 16.3. The first-order chi connectivity index (χ1) is 13.5. The lowest BCUT2D eigenvalue weighted by molar-refractivity contribution is -0.137. The predicted octanol–water partition coefficient (Wildman–Crippen LogP) is 3.79. The molecule has 28 heavy (non-hydrogen) atoms. The van der Waals surface area contributed by atoms with Gasteiger partial charge in [-0.1, -0.05) is 25.0 Å². The first-order valence-electron chi connectivity index (χ1n) is 10.2. The molecule has 1 saturated heterocycles. The highest BCUT2D eigenvalue weighted by atomic mass is 16.4. The van der Waals surface area contributed by atoms with E-state index in [9.17, 15) is 14.7 Å². The van der Waals surface area contributed by atoms with Gasteiger partial charge in [0.15, 0.2) is 0 Å². The van der Waals surface area contributed by atoms with Crippen molar-refractivity contribution >= 4 is 11.9 Å². The van der Waals surface area contributed by atoms with Crippen LogP contribution in [0.5, 0.6) is 0 Å². The van der Waals surface area contributed by atoms with Crippen LogP contribution in [0.1, 0.15) is 81.4 Å². The number of nitriles is 1. The molecule has 152 valence electrons. The Morgan fingerprint density at radius 2 is 2.04 bits per heavy atom. The Morgan fingerprint density at radius 3 is 2.79 bits per heavy atom. The fraction of sp³-hybridized carbons (Fsp3) is 0.591. The van der Waals surface area contributed by atoms with Gasteiger partial charge in [0.05, 0.1) is 17.7 Å². The molecular weight excluding hydrogens is 356 g/mol. The van der Waals surface area contributed by atoms with Crippen molar-refractivity contribution in [1.29, 1.82) is 5.26 Å². The van der Waals surface area contributed by atoms with Gasteiger partial charge in [-0.2, -0.15) is 5.26 Å². The van der Waals surface area contributed by atoms with Crippen molar-refractivity contribution in [2.75, 3.05) is 6.54 Å². The molecule has 1 heterocycles. The Balaban J connectivity index is 1.70. The molecule has 1 fully saturated rings. The van der Waals surface area contributed by atoms with Crippen LogP contribution in [0.4, 0.5) is 0 Å². The second-order valence-corrected chi connectivity index (χ2v) is 7.52. The highest BCUT2D eigenvalue weighted by Gasteiger charge is 2.29. The summed E-state index contributed by atoms with van der Waals surface area (Å²) in [5.74, 6) is -0.547. The van der Waals surface area contributed by atoms with Gasteiger partial charge in [-0.15, -0.1) is 0 Å². The predicted molar refractivity (Wildman–Crippen MR) is 105 cm³/mol. The number of carbonyl (C=O) groups excluding carboxylic acids is 1. The first-order valence-corrected chi connectivity index (χ1v) is 10.2. The van der Waals surface area contributed by atoms with E-state index in [1.165, 1.54) is 0 Å². The van der Waals surface area contributed by atoms with Crippen molar-refractivity contribution in [2.24, 2.45) is 0 Å². The van der Waals surface area contributed by atoms with Gasteiger partial charge < -0.3 is 15.1 Å². The molecule has 1 aliphatic rings. The summed E-state index contributed by atoms with van der Waals surface area (Å²) in [6, 6.07) is 9.39. The van der Waals surface area contributed by atoms with Crippen molar-refractivity contribution in [2.45, 2.75) is 76.4 Å². The number of aliphatic hydroxyl groups is 1. The summed E-state index contributed by atoms with van der Waals surface area (Å²) in [4.78, 5) is 24.6. The standard InChI is InChI=1S/C22H30N2O4/c23-16-17-7-5-8-18(15-17)20(25)10-6-9-19-12-13-21(26)24(19)14-4-2-1-3-11-22(27)28/h5,7-8,15,19-20,25H,1-4,6,9-14H2,(H,27,28)/t19-,20?/m0/s1. The Hall–Kier alpha value is -2.39. The zero-order chi connectivity index (χ0) is 20.4. The maximum Gasteiger partial charge on any atom is 0.303 e. The Labute approximate surface area is 166 Å². The molecule has 0 aromatic heterocycles. The van der Waals surface area contributed by atoms with Gasteiger partial charge in [0.25, 0.3) is 0 Å². The molecule has 0 radical (unpaired) electrons. The van der Waals surface area contributed by atoms with E-state index in [1.807, 2.05) is 11.0 Å². The first kappa shape index (κ1) is 21.9. The van der Waals surface area contributed by atoms with Crippen LogP contribution in [-0.4, -0.2) is 39.6 Å². The molecule has 1 amide bonds. The minimum atomic E-state index is -0.753. The lowest BCUT2D eigenvalue weighted by Gasteiger charge is -2.25. The highest BCUT2D eigenvalue weighted by Crippen LogP contribution is 2.26. The van der Waals surface area contributed by atoms with E-state index in [4.69, 9.17) is 10.4 Å². The Bertz CT molecular complexity index is 698. The molecule has 0 saturated carbocycles. The number of carboxylic acid groups (broad SMARTS) is 1. The molecule has 2 rings (SSSR count). The number of amides is 1. The fourth-order valence-corrected chi connectivity index (χ4v) is 3.84. The minimum Gasteiger partial charge on any atom is -0.481 e. The molecule has 1 aliphatic heterocycles. The lowest BCUT2D eigenvalue weighted by Crippen LogP contribution is -2.33. The van der Waals surface area contributed by atoms with Gasteiger partial charge in [-0.3, -0.25) is 9.59 Å². The van der Waals surface area contributed by atoms with E-state index in [0.29, 0.717) is 24.8 Å². The van der Waals surface area contributed by atoms with Gasteiger partial charge in [0.2, 0.25) is 5.91 Å². The number of hydrogen-bond donors (Lipinski definition) is 2. The molecule has 2 atom stereocenters. The number of likely N-dealkylation sites (tertiary alicyclic amines) is 1. The molecule has 1 aromatic rings. The number of rotatable bonds is 12. The zero-order valence-corrected chi connectivity index (χ0v) is 16.3. The maximum absolute atomic E-state index is 12.2. The maximum atomic E-state index is 12.2. The van der Waals surface area contributed by atoms with Crippen LogP contribution in [0.25, 0.3) is 0 Å². The van der Waals surface area contributed by atoms with Crippen molar-refractivity contribution in [3.05, 3.63) is 35.4 Å². The quantitative estimate of drug-likeness (QED) is 0.532. The number of unbranched alkanes of at least 4 members (excludes halogenated alkanes) is 3. The van der Waals surface area contributed by atoms with Gasteiger partial charge in [-0.05, 0) is 56.2 Å². The summed E-state index contributed by atoms with van der Waals surface area (Å²) in [5.41, 5.74) is 1.31. The van der Waals surface area contributed by atoms with Crippen molar-refractivity contribution in [1.82, 2.24) is 4.90 Å². The van der Waals surface area contributed by atoms with Crippen LogP contribution >= 0.6 is 0 Å². The van der Waals surface area contributed by atoms with Gasteiger partial charge in [-0.25, -0.2) is 0 Å². The van der Waals surface area contributed by atoms with E-state index in [2.05, 4.69) is 6.07 Å². The van der Waals surface area contributed by atoms with E-state index >= 15 is 0 Å².